The first-order valence-corrected chi connectivity index (χ1v) is 22.1. The topological polar surface area (TPSA) is 237 Å². The molecule has 0 aromatic heterocycles. The van der Waals surface area contributed by atoms with Gasteiger partial charge in [-0.05, 0) is 104 Å². The summed E-state index contributed by atoms with van der Waals surface area (Å²) in [6, 6.07) is 14.2. The van der Waals surface area contributed by atoms with E-state index >= 15 is 0 Å². The number of hydrogen-bond donors (Lipinski definition) is 6. The van der Waals surface area contributed by atoms with Gasteiger partial charge in [0.2, 0.25) is 23.6 Å². The second kappa shape index (κ2) is 24.4. The maximum atomic E-state index is 14.4. The number of nitrogens with zero attached hydrogens (tertiary/aromatic N) is 1. The van der Waals surface area contributed by atoms with E-state index in [9.17, 15) is 33.6 Å². The van der Waals surface area contributed by atoms with Crippen LogP contribution in [0.1, 0.15) is 105 Å². The van der Waals surface area contributed by atoms with Crippen molar-refractivity contribution in [2.45, 2.75) is 148 Å². The van der Waals surface area contributed by atoms with Gasteiger partial charge in [0.05, 0.1) is 13.2 Å². The molecule has 0 aliphatic carbocycles. The summed E-state index contributed by atoms with van der Waals surface area (Å²) in [5.74, 6) is -2.92. The molecule has 3 rings (SSSR count). The number of esters is 1. The highest BCUT2D eigenvalue weighted by atomic mass is 16.6. The van der Waals surface area contributed by atoms with Gasteiger partial charge in [0.25, 0.3) is 0 Å². The van der Waals surface area contributed by atoms with E-state index in [1.165, 1.54) is 12.0 Å². The number of nitrogens with two attached hydrogens (primary N) is 1. The van der Waals surface area contributed by atoms with Crippen LogP contribution in [0, 0.1) is 5.92 Å². The molecule has 0 spiro atoms. The molecule has 17 heteroatoms. The summed E-state index contributed by atoms with van der Waals surface area (Å²) in [6.45, 7) is 14.5. The van der Waals surface area contributed by atoms with E-state index < -0.39 is 82.7 Å². The Kier molecular flexibility index (Phi) is 20.0. The van der Waals surface area contributed by atoms with E-state index in [0.29, 0.717) is 12.8 Å². The molecule has 6 amide bonds. The first-order chi connectivity index (χ1) is 30.0. The van der Waals surface area contributed by atoms with Gasteiger partial charge in [-0.3, -0.25) is 19.2 Å². The van der Waals surface area contributed by atoms with Crippen LogP contribution >= 0.6 is 0 Å². The van der Waals surface area contributed by atoms with Crippen LogP contribution in [0.25, 0.3) is 0 Å². The van der Waals surface area contributed by atoms with Crippen LogP contribution in [-0.2, 0) is 51.0 Å². The normalized spacial score (nSPS) is 15.6. The molecule has 1 aliphatic heterocycles. The predicted octanol–water partition coefficient (Wildman–Crippen LogP) is 4.05. The number of hydrogen-bond acceptors (Lipinski definition) is 11. The number of methoxy groups -OCH3 is 1. The van der Waals surface area contributed by atoms with Crippen LogP contribution in [0.2, 0.25) is 0 Å². The van der Waals surface area contributed by atoms with Crippen molar-refractivity contribution < 1.29 is 47.8 Å². The third-order valence-electron chi connectivity index (χ3n) is 10.3. The highest BCUT2D eigenvalue weighted by Crippen LogP contribution is 2.26. The summed E-state index contributed by atoms with van der Waals surface area (Å²) in [7, 11) is 1.22. The fourth-order valence-electron chi connectivity index (χ4n) is 7.19. The molecular weight excluding hydrogens is 823 g/mol. The van der Waals surface area contributed by atoms with Crippen molar-refractivity contribution in [2.24, 2.45) is 11.7 Å². The predicted molar refractivity (Wildman–Crippen MR) is 242 cm³/mol. The molecule has 7 N–H and O–H groups in total. The van der Waals surface area contributed by atoms with Crippen molar-refractivity contribution in [2.75, 3.05) is 26.7 Å². The molecule has 1 aliphatic rings. The van der Waals surface area contributed by atoms with Gasteiger partial charge in [-0.15, -0.1) is 0 Å². The van der Waals surface area contributed by atoms with E-state index in [4.69, 9.17) is 19.9 Å². The molecule has 2 aromatic rings. The van der Waals surface area contributed by atoms with Crippen LogP contribution in [-0.4, -0.2) is 114 Å². The quantitative estimate of drug-likeness (QED) is 0.0630. The number of ether oxygens (including phenoxy) is 3. The Morgan fingerprint density at radius 1 is 0.688 bits per heavy atom. The standard InChI is InChI=1S/C47H71N7O10/c1-31(2)28-36(52-40(57)37(30-33-20-14-11-15-21-33)51-38(55)34(48)29-32-18-12-10-13-19-32)39(56)50-35(22-16-17-25-49-43(60)63-45(3,4)5)41(58)54-26-23-47(24-27-54,42(59)62-9)53-44(61)64-46(6,7)8/h10-15,18-21,31,34-37H,16-17,22-30,48H2,1-9H3,(H,49,60)(H,50,56)(H,51,55)(H,52,57)(H,53,61)/t34-,35-,36-,37-/m1/s1. The van der Waals surface area contributed by atoms with Gasteiger partial charge in [0.1, 0.15) is 34.9 Å². The zero-order valence-electron chi connectivity index (χ0n) is 39.0. The van der Waals surface area contributed by atoms with Gasteiger partial charge in [0, 0.05) is 26.1 Å². The van der Waals surface area contributed by atoms with Gasteiger partial charge in [0.15, 0.2) is 0 Å². The first-order valence-electron chi connectivity index (χ1n) is 22.1. The number of unbranched alkanes of at least 4 members (excludes halogenated alkanes) is 1. The van der Waals surface area contributed by atoms with Crippen molar-refractivity contribution in [3.05, 3.63) is 71.8 Å². The Bertz CT molecular complexity index is 1860. The molecule has 354 valence electrons. The van der Waals surface area contributed by atoms with E-state index in [2.05, 4.69) is 26.6 Å². The zero-order chi connectivity index (χ0) is 47.7. The summed E-state index contributed by atoms with van der Waals surface area (Å²) in [4.78, 5) is 96.0. The zero-order valence-corrected chi connectivity index (χ0v) is 39.0. The van der Waals surface area contributed by atoms with Crippen molar-refractivity contribution in [3.8, 4) is 0 Å². The number of piperidine rings is 1. The van der Waals surface area contributed by atoms with E-state index in [1.807, 2.05) is 74.5 Å². The van der Waals surface area contributed by atoms with Gasteiger partial charge >= 0.3 is 18.2 Å². The van der Waals surface area contributed by atoms with E-state index in [-0.39, 0.29) is 64.1 Å². The summed E-state index contributed by atoms with van der Waals surface area (Å²) < 4.78 is 15.8. The molecule has 0 radical (unpaired) electrons. The van der Waals surface area contributed by atoms with E-state index in [0.717, 1.165) is 11.1 Å². The molecular formula is C47H71N7O10. The molecule has 1 saturated heterocycles. The highest BCUT2D eigenvalue weighted by Gasteiger charge is 2.46. The van der Waals surface area contributed by atoms with Crippen molar-refractivity contribution >= 4 is 41.8 Å². The summed E-state index contributed by atoms with van der Waals surface area (Å²) in [5, 5.41) is 14.0. The molecule has 1 heterocycles. The number of alkyl carbamates (subject to hydrolysis) is 2. The number of amides is 6. The highest BCUT2D eigenvalue weighted by molar-refractivity contribution is 5.95. The fourth-order valence-corrected chi connectivity index (χ4v) is 7.19. The molecule has 17 nitrogen and oxygen atoms in total. The number of carbonyl (C=O) groups excluding carboxylic acids is 7. The van der Waals surface area contributed by atoms with Crippen molar-refractivity contribution in [1.82, 2.24) is 31.5 Å². The van der Waals surface area contributed by atoms with Crippen LogP contribution in [0.5, 0.6) is 0 Å². The Morgan fingerprint density at radius 2 is 1.19 bits per heavy atom. The third-order valence-corrected chi connectivity index (χ3v) is 10.3. The maximum absolute atomic E-state index is 14.4. The third kappa shape index (κ3) is 18.2. The number of benzene rings is 2. The van der Waals surface area contributed by atoms with Crippen LogP contribution in [0.15, 0.2) is 60.7 Å². The SMILES string of the molecule is COC(=O)C1(NC(=O)OC(C)(C)C)CCN(C(=O)[C@@H](CCCCNC(=O)OC(C)(C)C)NC(=O)[C@@H](CC(C)C)NC(=O)[C@@H](Cc2ccccc2)NC(=O)[C@H](N)Cc2ccccc2)CC1. The molecule has 0 bridgehead atoms. The van der Waals surface area contributed by atoms with Gasteiger partial charge in [-0.2, -0.15) is 0 Å². The maximum Gasteiger partial charge on any atom is 0.408 e. The van der Waals surface area contributed by atoms with Crippen molar-refractivity contribution in [3.63, 3.8) is 0 Å². The average Bonchev–Trinajstić information content (AvgIpc) is 3.21. The van der Waals surface area contributed by atoms with Gasteiger partial charge in [-0.25, -0.2) is 14.4 Å². The lowest BCUT2D eigenvalue weighted by Gasteiger charge is -2.41. The first kappa shape index (κ1) is 52.6. The minimum atomic E-state index is -1.45. The lowest BCUT2D eigenvalue weighted by Crippen LogP contribution is -2.63. The molecule has 0 saturated carbocycles. The Hall–Kier alpha value is -5.71. The monoisotopic (exact) mass is 894 g/mol. The molecule has 2 aromatic carbocycles. The summed E-state index contributed by atoms with van der Waals surface area (Å²) >= 11 is 0. The van der Waals surface area contributed by atoms with Crippen LogP contribution in [0.4, 0.5) is 9.59 Å². The Balaban J connectivity index is 1.83. The number of likely N-dealkylation sites (tertiary alicyclic amines) is 1. The lowest BCUT2D eigenvalue weighted by atomic mass is 9.87. The fraction of sp³-hybridized carbons (Fsp3) is 0.596. The molecule has 4 atom stereocenters. The second-order valence-electron chi connectivity index (χ2n) is 18.7. The lowest BCUT2D eigenvalue weighted by molar-refractivity contribution is -0.153. The summed E-state index contributed by atoms with van der Waals surface area (Å²) in [5.41, 5.74) is 4.98. The second-order valence-corrected chi connectivity index (χ2v) is 18.7. The van der Waals surface area contributed by atoms with E-state index in [1.54, 1.807) is 41.5 Å². The largest absolute Gasteiger partial charge is 0.467 e. The Morgan fingerprint density at radius 3 is 1.72 bits per heavy atom. The van der Waals surface area contributed by atoms with Crippen molar-refractivity contribution in [1.29, 1.82) is 0 Å². The molecule has 1 fully saturated rings. The van der Waals surface area contributed by atoms with Crippen LogP contribution < -0.4 is 32.3 Å². The average molecular weight is 894 g/mol. The number of nitrogens with one attached hydrogen (secondary N) is 5. The number of carbonyl (C=O) groups is 7. The smallest absolute Gasteiger partial charge is 0.408 e. The number of rotatable bonds is 20. The molecule has 0 unspecified atom stereocenters. The molecule has 64 heavy (non-hydrogen) atoms. The van der Waals surface area contributed by atoms with Gasteiger partial charge < -0.3 is 51.4 Å². The minimum Gasteiger partial charge on any atom is -0.467 e. The van der Waals surface area contributed by atoms with Crippen LogP contribution in [0.3, 0.4) is 0 Å². The minimum absolute atomic E-state index is 0.0146. The van der Waals surface area contributed by atoms with Gasteiger partial charge in [-0.1, -0.05) is 74.5 Å². The summed E-state index contributed by atoms with van der Waals surface area (Å²) in [6.07, 6.45) is 0.245. The Labute approximate surface area is 378 Å².